The van der Waals surface area contributed by atoms with Crippen LogP contribution in [0.5, 0.6) is 0 Å². The molecule has 0 saturated carbocycles. The van der Waals surface area contributed by atoms with Gasteiger partial charge in [0.05, 0.1) is 0 Å². The van der Waals surface area contributed by atoms with Crippen LogP contribution < -0.4 is 0 Å². The zero-order valence-corrected chi connectivity index (χ0v) is 9.30. The first kappa shape index (κ1) is 9.55. The third-order valence-corrected chi connectivity index (χ3v) is 3.69. The first-order valence-corrected chi connectivity index (χ1v) is 5.89. The van der Waals surface area contributed by atoms with Gasteiger partial charge in [-0.3, -0.25) is 0 Å². The van der Waals surface area contributed by atoms with E-state index in [1.54, 1.807) is 17.4 Å². The highest BCUT2D eigenvalue weighted by Gasteiger charge is 2.04. The number of benzene rings is 2. The molecule has 78 valence electrons. The average Bonchev–Trinajstić information content (AvgIpc) is 2.73. The maximum absolute atomic E-state index is 13.1. The lowest BCUT2D eigenvalue weighted by Gasteiger charge is -1.93. The number of thiophene rings is 1. The Morgan fingerprint density at radius 2 is 1.69 bits per heavy atom. The lowest BCUT2D eigenvalue weighted by Crippen LogP contribution is -1.68. The molecule has 0 aliphatic carbocycles. The van der Waals surface area contributed by atoms with Gasteiger partial charge in [-0.25, -0.2) is 4.39 Å². The van der Waals surface area contributed by atoms with Crippen molar-refractivity contribution >= 4 is 21.4 Å². The van der Waals surface area contributed by atoms with Crippen LogP contribution in [0.15, 0.2) is 54.6 Å². The number of halogens is 1. The van der Waals surface area contributed by atoms with E-state index in [0.717, 1.165) is 10.1 Å². The largest absolute Gasteiger partial charge is 0.207 e. The van der Waals surface area contributed by atoms with Gasteiger partial charge in [-0.1, -0.05) is 36.4 Å². The molecule has 0 unspecified atom stereocenters. The molecule has 0 atom stereocenters. The molecule has 0 radical (unpaired) electrons. The van der Waals surface area contributed by atoms with Crippen LogP contribution >= 0.6 is 11.3 Å². The van der Waals surface area contributed by atoms with E-state index in [1.807, 2.05) is 24.3 Å². The first-order valence-electron chi connectivity index (χ1n) is 5.07. The number of fused-ring (bicyclic) bond motifs is 1. The molecule has 3 rings (SSSR count). The third-order valence-electron chi connectivity index (χ3n) is 2.54. The average molecular weight is 228 g/mol. The topological polar surface area (TPSA) is 0 Å². The van der Waals surface area contributed by atoms with E-state index in [9.17, 15) is 4.39 Å². The molecule has 2 aromatic carbocycles. The normalized spacial score (nSPS) is 10.8. The maximum atomic E-state index is 13.1. The highest BCUT2D eigenvalue weighted by molar-refractivity contribution is 7.22. The van der Waals surface area contributed by atoms with Gasteiger partial charge in [0.1, 0.15) is 5.82 Å². The fourth-order valence-electron chi connectivity index (χ4n) is 1.75. The van der Waals surface area contributed by atoms with Gasteiger partial charge < -0.3 is 0 Å². The quantitative estimate of drug-likeness (QED) is 0.566. The summed E-state index contributed by atoms with van der Waals surface area (Å²) in [5, 5.41) is 1.10. The summed E-state index contributed by atoms with van der Waals surface area (Å²) in [4.78, 5) is 1.18. The Hall–Kier alpha value is -1.67. The summed E-state index contributed by atoms with van der Waals surface area (Å²) in [7, 11) is 0. The van der Waals surface area contributed by atoms with Crippen molar-refractivity contribution in [3.05, 3.63) is 60.4 Å². The summed E-state index contributed by atoms with van der Waals surface area (Å²) < 4.78 is 14.1. The monoisotopic (exact) mass is 228 g/mol. The summed E-state index contributed by atoms with van der Waals surface area (Å²) in [5.74, 6) is -0.172. The highest BCUT2D eigenvalue weighted by atomic mass is 32.1. The standard InChI is InChI=1S/C14H9FS/c15-12-7-6-11-8-13(16-14(11)9-12)10-4-2-1-3-5-10/h1-9H. The van der Waals surface area contributed by atoms with Crippen LogP contribution in [0.25, 0.3) is 20.5 Å². The minimum absolute atomic E-state index is 0.172. The molecule has 0 bridgehead atoms. The molecule has 1 heterocycles. The molecular formula is C14H9FS. The molecule has 2 heteroatoms. The molecule has 0 aliphatic heterocycles. The van der Waals surface area contributed by atoms with E-state index in [1.165, 1.54) is 16.5 Å². The second-order valence-corrected chi connectivity index (χ2v) is 4.74. The summed E-state index contributed by atoms with van der Waals surface area (Å²) in [6.45, 7) is 0. The van der Waals surface area contributed by atoms with Gasteiger partial charge in [0.25, 0.3) is 0 Å². The molecule has 1 aromatic heterocycles. The van der Waals surface area contributed by atoms with E-state index in [2.05, 4.69) is 18.2 Å². The number of hydrogen-bond donors (Lipinski definition) is 0. The van der Waals surface area contributed by atoms with Crippen molar-refractivity contribution < 1.29 is 4.39 Å². The van der Waals surface area contributed by atoms with Crippen molar-refractivity contribution in [2.24, 2.45) is 0 Å². The third kappa shape index (κ3) is 1.61. The van der Waals surface area contributed by atoms with E-state index < -0.39 is 0 Å². The fourth-order valence-corrected chi connectivity index (χ4v) is 2.84. The molecule has 16 heavy (non-hydrogen) atoms. The van der Waals surface area contributed by atoms with Crippen LogP contribution in [-0.2, 0) is 0 Å². The second kappa shape index (κ2) is 3.72. The van der Waals surface area contributed by atoms with Crippen LogP contribution in [0.2, 0.25) is 0 Å². The van der Waals surface area contributed by atoms with Crippen LogP contribution in [0.4, 0.5) is 4.39 Å². The van der Waals surface area contributed by atoms with E-state index in [4.69, 9.17) is 0 Å². The van der Waals surface area contributed by atoms with Crippen LogP contribution in [0, 0.1) is 5.82 Å². The maximum Gasteiger partial charge on any atom is 0.124 e. The number of hydrogen-bond acceptors (Lipinski definition) is 1. The van der Waals surface area contributed by atoms with E-state index in [0.29, 0.717) is 0 Å². The van der Waals surface area contributed by atoms with Crippen molar-refractivity contribution in [2.45, 2.75) is 0 Å². The van der Waals surface area contributed by atoms with Crippen molar-refractivity contribution in [2.75, 3.05) is 0 Å². The summed E-state index contributed by atoms with van der Waals surface area (Å²) >= 11 is 1.62. The van der Waals surface area contributed by atoms with Gasteiger partial charge in [-0.05, 0) is 29.1 Å². The Morgan fingerprint density at radius 3 is 2.50 bits per heavy atom. The lowest BCUT2D eigenvalue weighted by atomic mass is 10.1. The van der Waals surface area contributed by atoms with Crippen LogP contribution in [-0.4, -0.2) is 0 Å². The smallest absolute Gasteiger partial charge is 0.124 e. The Balaban J connectivity index is 2.19. The van der Waals surface area contributed by atoms with Gasteiger partial charge in [0, 0.05) is 9.58 Å². The van der Waals surface area contributed by atoms with E-state index >= 15 is 0 Å². The van der Waals surface area contributed by atoms with Crippen molar-refractivity contribution in [1.29, 1.82) is 0 Å². The molecular weight excluding hydrogens is 219 g/mol. The minimum Gasteiger partial charge on any atom is -0.207 e. The highest BCUT2D eigenvalue weighted by Crippen LogP contribution is 2.33. The Labute approximate surface area is 97.0 Å². The summed E-state index contributed by atoms with van der Waals surface area (Å²) in [6.07, 6.45) is 0. The minimum atomic E-state index is -0.172. The Kier molecular flexibility index (Phi) is 2.22. The SMILES string of the molecule is Fc1ccc2cc(-c3ccccc3)sc2c1. The van der Waals surface area contributed by atoms with Gasteiger partial charge in [0.15, 0.2) is 0 Å². The predicted molar refractivity (Wildman–Crippen MR) is 67.2 cm³/mol. The fraction of sp³-hybridized carbons (Fsp3) is 0. The van der Waals surface area contributed by atoms with Crippen LogP contribution in [0.1, 0.15) is 0 Å². The second-order valence-electron chi connectivity index (χ2n) is 3.66. The Morgan fingerprint density at radius 1 is 0.875 bits per heavy atom. The van der Waals surface area contributed by atoms with Gasteiger partial charge in [-0.15, -0.1) is 11.3 Å². The summed E-state index contributed by atoms with van der Waals surface area (Å²) in [5.41, 5.74) is 1.18. The Bertz CT molecular complexity index is 626. The molecule has 0 N–H and O–H groups in total. The van der Waals surface area contributed by atoms with Crippen molar-refractivity contribution in [3.8, 4) is 10.4 Å². The zero-order chi connectivity index (χ0) is 11.0. The van der Waals surface area contributed by atoms with Gasteiger partial charge in [-0.2, -0.15) is 0 Å². The molecule has 3 aromatic rings. The molecule has 0 saturated heterocycles. The molecule has 0 spiro atoms. The lowest BCUT2D eigenvalue weighted by molar-refractivity contribution is 0.630. The van der Waals surface area contributed by atoms with Gasteiger partial charge >= 0.3 is 0 Å². The van der Waals surface area contributed by atoms with E-state index in [-0.39, 0.29) is 5.82 Å². The molecule has 0 aliphatic rings. The predicted octanol–water partition coefficient (Wildman–Crippen LogP) is 4.71. The molecule has 0 nitrogen and oxygen atoms in total. The molecule has 0 amide bonds. The summed E-state index contributed by atoms with van der Waals surface area (Å²) in [6, 6.07) is 17.2. The van der Waals surface area contributed by atoms with Crippen LogP contribution in [0.3, 0.4) is 0 Å². The first-order chi connectivity index (χ1) is 7.83. The van der Waals surface area contributed by atoms with Crippen molar-refractivity contribution in [3.63, 3.8) is 0 Å². The van der Waals surface area contributed by atoms with Crippen molar-refractivity contribution in [1.82, 2.24) is 0 Å². The number of rotatable bonds is 1. The van der Waals surface area contributed by atoms with Gasteiger partial charge in [0.2, 0.25) is 0 Å². The zero-order valence-electron chi connectivity index (χ0n) is 8.48. The molecule has 0 fully saturated rings.